The van der Waals surface area contributed by atoms with Gasteiger partial charge in [-0.05, 0) is 18.6 Å². The van der Waals surface area contributed by atoms with Crippen LogP contribution in [0.3, 0.4) is 0 Å². The minimum Gasteiger partial charge on any atom is -0.505 e. The Bertz CT molecular complexity index is 1000. The van der Waals surface area contributed by atoms with E-state index in [-0.39, 0.29) is 43.5 Å². The molecule has 120 valence electrons. The van der Waals surface area contributed by atoms with Crippen LogP contribution in [0.25, 0.3) is 21.9 Å². The quantitative estimate of drug-likeness (QED) is 0.695. The Hall–Kier alpha value is -2.11. The molecule has 0 unspecified atom stereocenters. The lowest BCUT2D eigenvalue weighted by Gasteiger charge is -2.12. The molecule has 0 saturated heterocycles. The normalized spacial score (nSPS) is 11.2. The van der Waals surface area contributed by atoms with Crippen molar-refractivity contribution < 1.29 is 19.0 Å². The molecule has 0 bridgehead atoms. The lowest BCUT2D eigenvalue weighted by Crippen LogP contribution is -2.06. The number of aryl methyl sites for hydroxylation is 1. The monoisotopic (exact) mass is 354 g/mol. The molecule has 0 fully saturated rings. The van der Waals surface area contributed by atoms with E-state index < -0.39 is 5.43 Å². The first-order valence-electron chi connectivity index (χ1n) is 6.59. The topological polar surface area (TPSA) is 68.9 Å². The van der Waals surface area contributed by atoms with Crippen molar-refractivity contribution >= 4 is 45.1 Å². The van der Waals surface area contributed by atoms with Crippen molar-refractivity contribution in [3.8, 4) is 17.2 Å². The predicted octanol–water partition coefficient (Wildman–Crippen LogP) is 4.28. The van der Waals surface area contributed by atoms with Crippen molar-refractivity contribution in [3.63, 3.8) is 0 Å². The number of fused-ring (bicyclic) bond motifs is 2. The summed E-state index contributed by atoms with van der Waals surface area (Å²) in [5.41, 5.74) is 0.495. The fourth-order valence-corrected chi connectivity index (χ4v) is 3.03. The van der Waals surface area contributed by atoms with Gasteiger partial charge in [0.25, 0.3) is 0 Å². The number of aromatic hydroxyl groups is 1. The first kappa shape index (κ1) is 15.8. The van der Waals surface area contributed by atoms with E-state index in [1.165, 1.54) is 20.3 Å². The third-order valence-corrected chi connectivity index (χ3v) is 4.38. The predicted molar refractivity (Wildman–Crippen MR) is 89.5 cm³/mol. The Balaban J connectivity index is 2.61. The molecule has 0 radical (unpaired) electrons. The molecular formula is C16H12Cl2O5. The summed E-state index contributed by atoms with van der Waals surface area (Å²) in [6.07, 6.45) is 0. The summed E-state index contributed by atoms with van der Waals surface area (Å²) in [7, 11) is 2.87. The summed E-state index contributed by atoms with van der Waals surface area (Å²) in [6.45, 7) is 1.73. The molecule has 1 heterocycles. The Kier molecular flexibility index (Phi) is 3.78. The summed E-state index contributed by atoms with van der Waals surface area (Å²) >= 11 is 12.3. The zero-order valence-electron chi connectivity index (χ0n) is 12.5. The highest BCUT2D eigenvalue weighted by Gasteiger charge is 2.21. The molecule has 3 aromatic rings. The molecule has 23 heavy (non-hydrogen) atoms. The zero-order valence-corrected chi connectivity index (χ0v) is 14.0. The molecule has 0 atom stereocenters. The standard InChI is InChI=1S/C16H12Cl2O5/c1-6-4-8(21-2)13(18)16-10(6)14(19)11-7(23-16)5-9(22-3)12(17)15(11)20/h4-5,20H,1-3H3. The molecule has 0 aliphatic heterocycles. The van der Waals surface area contributed by atoms with E-state index in [4.69, 9.17) is 37.1 Å². The van der Waals surface area contributed by atoms with Crippen LogP contribution in [0.2, 0.25) is 10.0 Å². The van der Waals surface area contributed by atoms with Crippen LogP contribution >= 0.6 is 23.2 Å². The van der Waals surface area contributed by atoms with Gasteiger partial charge >= 0.3 is 0 Å². The third kappa shape index (κ3) is 2.19. The molecular weight excluding hydrogens is 343 g/mol. The first-order valence-corrected chi connectivity index (χ1v) is 7.35. The van der Waals surface area contributed by atoms with Crippen LogP contribution in [0, 0.1) is 6.92 Å². The van der Waals surface area contributed by atoms with Crippen molar-refractivity contribution in [1.82, 2.24) is 0 Å². The molecule has 0 saturated carbocycles. The summed E-state index contributed by atoms with van der Waals surface area (Å²) in [6, 6.07) is 3.07. The van der Waals surface area contributed by atoms with Gasteiger partial charge in [0.05, 0.1) is 19.6 Å². The van der Waals surface area contributed by atoms with Crippen molar-refractivity contribution in [2.45, 2.75) is 6.92 Å². The molecule has 1 aromatic heterocycles. The fraction of sp³-hybridized carbons (Fsp3) is 0.188. The molecule has 3 rings (SSSR count). The van der Waals surface area contributed by atoms with E-state index in [1.807, 2.05) is 0 Å². The fourth-order valence-electron chi connectivity index (χ4n) is 2.54. The Morgan fingerprint density at radius 2 is 1.65 bits per heavy atom. The van der Waals surface area contributed by atoms with Gasteiger partial charge in [-0.1, -0.05) is 23.2 Å². The van der Waals surface area contributed by atoms with Crippen molar-refractivity contribution in [3.05, 3.63) is 38.0 Å². The van der Waals surface area contributed by atoms with Gasteiger partial charge in [-0.25, -0.2) is 0 Å². The maximum absolute atomic E-state index is 12.8. The van der Waals surface area contributed by atoms with Gasteiger partial charge in [0.2, 0.25) is 5.43 Å². The second kappa shape index (κ2) is 5.51. The van der Waals surface area contributed by atoms with Gasteiger partial charge in [0.15, 0.2) is 11.3 Å². The minimum absolute atomic E-state index is 0.0207. The van der Waals surface area contributed by atoms with Crippen LogP contribution in [0.4, 0.5) is 0 Å². The molecule has 7 heteroatoms. The number of methoxy groups -OCH3 is 2. The molecule has 0 aliphatic carbocycles. The highest BCUT2D eigenvalue weighted by atomic mass is 35.5. The molecule has 2 aromatic carbocycles. The minimum atomic E-state index is -0.426. The average Bonchev–Trinajstić information content (AvgIpc) is 2.53. The Labute approximate surface area is 140 Å². The van der Waals surface area contributed by atoms with Crippen LogP contribution in [0.1, 0.15) is 5.56 Å². The van der Waals surface area contributed by atoms with E-state index in [0.717, 1.165) is 0 Å². The lowest BCUT2D eigenvalue weighted by atomic mass is 10.1. The molecule has 5 nitrogen and oxygen atoms in total. The summed E-state index contributed by atoms with van der Waals surface area (Å²) in [4.78, 5) is 12.8. The number of phenolic OH excluding ortho intramolecular Hbond substituents is 1. The highest BCUT2D eigenvalue weighted by Crippen LogP contribution is 2.41. The van der Waals surface area contributed by atoms with Crippen molar-refractivity contribution in [2.24, 2.45) is 0 Å². The number of phenols is 1. The van der Waals surface area contributed by atoms with E-state index >= 15 is 0 Å². The molecule has 1 N–H and O–H groups in total. The van der Waals surface area contributed by atoms with E-state index in [1.54, 1.807) is 13.0 Å². The number of ether oxygens (including phenoxy) is 2. The average molecular weight is 355 g/mol. The van der Waals surface area contributed by atoms with Gasteiger partial charge in [-0.3, -0.25) is 4.79 Å². The molecule has 0 aliphatic rings. The van der Waals surface area contributed by atoms with E-state index in [9.17, 15) is 9.90 Å². The number of hydrogen-bond acceptors (Lipinski definition) is 5. The summed E-state index contributed by atoms with van der Waals surface area (Å²) < 4.78 is 16.0. The number of halogens is 2. The summed E-state index contributed by atoms with van der Waals surface area (Å²) in [5.74, 6) is 0.197. The maximum Gasteiger partial charge on any atom is 0.204 e. The van der Waals surface area contributed by atoms with Crippen molar-refractivity contribution in [1.29, 1.82) is 0 Å². The zero-order chi connectivity index (χ0) is 16.9. The number of hydrogen-bond donors (Lipinski definition) is 1. The van der Waals surface area contributed by atoms with Gasteiger partial charge in [0.1, 0.15) is 32.5 Å². The van der Waals surface area contributed by atoms with Crippen LogP contribution in [-0.4, -0.2) is 19.3 Å². The van der Waals surface area contributed by atoms with Gasteiger partial charge in [-0.15, -0.1) is 0 Å². The van der Waals surface area contributed by atoms with E-state index in [0.29, 0.717) is 11.3 Å². The van der Waals surface area contributed by atoms with Gasteiger partial charge < -0.3 is 19.0 Å². The smallest absolute Gasteiger partial charge is 0.204 e. The Morgan fingerprint density at radius 3 is 2.26 bits per heavy atom. The number of benzene rings is 2. The second-order valence-electron chi connectivity index (χ2n) is 4.96. The molecule has 0 spiro atoms. The maximum atomic E-state index is 12.8. The SMILES string of the molecule is COc1cc2oc3c(Cl)c(OC)cc(C)c3c(=O)c2c(O)c1Cl. The summed E-state index contributed by atoms with van der Waals surface area (Å²) in [5, 5.41) is 10.6. The first-order chi connectivity index (χ1) is 10.9. The Morgan fingerprint density at radius 1 is 1.04 bits per heavy atom. The second-order valence-corrected chi connectivity index (χ2v) is 5.72. The molecule has 0 amide bonds. The lowest BCUT2D eigenvalue weighted by molar-refractivity contribution is 0.408. The largest absolute Gasteiger partial charge is 0.505 e. The van der Waals surface area contributed by atoms with Crippen LogP contribution in [0.15, 0.2) is 21.3 Å². The van der Waals surface area contributed by atoms with Crippen molar-refractivity contribution in [2.75, 3.05) is 14.2 Å². The highest BCUT2D eigenvalue weighted by molar-refractivity contribution is 6.37. The van der Waals surface area contributed by atoms with Crippen LogP contribution < -0.4 is 14.9 Å². The van der Waals surface area contributed by atoms with Gasteiger partial charge in [0, 0.05) is 6.07 Å². The van der Waals surface area contributed by atoms with E-state index in [2.05, 4.69) is 0 Å². The van der Waals surface area contributed by atoms with Crippen LogP contribution in [-0.2, 0) is 0 Å². The van der Waals surface area contributed by atoms with Crippen LogP contribution in [0.5, 0.6) is 17.2 Å². The number of rotatable bonds is 2. The van der Waals surface area contributed by atoms with Gasteiger partial charge in [-0.2, -0.15) is 0 Å². The third-order valence-electron chi connectivity index (χ3n) is 3.66.